The predicted molar refractivity (Wildman–Crippen MR) is 78.3 cm³/mol. The second-order valence-electron chi connectivity index (χ2n) is 4.30. The van der Waals surface area contributed by atoms with E-state index in [4.69, 9.17) is 16.3 Å². The van der Waals surface area contributed by atoms with E-state index in [1.807, 2.05) is 25.1 Å². The van der Waals surface area contributed by atoms with Crippen LogP contribution in [0, 0.1) is 0 Å². The molecule has 1 aromatic heterocycles. The van der Waals surface area contributed by atoms with Gasteiger partial charge >= 0.3 is 0 Å². The monoisotopic (exact) mass is 285 g/mol. The van der Waals surface area contributed by atoms with Crippen molar-refractivity contribution < 1.29 is 9.53 Å². The molecule has 1 amide bonds. The van der Waals surface area contributed by atoms with Crippen molar-refractivity contribution in [2.45, 2.75) is 19.3 Å². The van der Waals surface area contributed by atoms with Gasteiger partial charge in [-0.15, -0.1) is 11.6 Å². The molecule has 1 aromatic rings. The minimum absolute atomic E-state index is 0.0560. The fraction of sp³-hybridized carbons (Fsp3) is 0.538. The number of carbonyl (C=O) groups is 1. The average Bonchev–Trinajstić information content (AvgIpc) is 2.39. The number of carbonyl (C=O) groups excluding carboxylic acids is 1. The van der Waals surface area contributed by atoms with Crippen molar-refractivity contribution >= 4 is 28.9 Å². The summed E-state index contributed by atoms with van der Waals surface area (Å²) in [6.45, 7) is 0. The second kappa shape index (κ2) is 7.84. The minimum atomic E-state index is -0.0560. The zero-order chi connectivity index (χ0) is 14.3. The summed E-state index contributed by atoms with van der Waals surface area (Å²) in [4.78, 5) is 17.9. The lowest BCUT2D eigenvalue weighted by Gasteiger charge is -2.19. The molecule has 0 atom stereocenters. The molecule has 1 N–H and O–H groups in total. The quantitative estimate of drug-likeness (QED) is 0.618. The Balaban J connectivity index is 2.83. The Bertz CT molecular complexity index is 424. The summed E-state index contributed by atoms with van der Waals surface area (Å²) in [5, 5.41) is 2.86. The number of nitrogens with zero attached hydrogens (tertiary/aromatic N) is 2. The van der Waals surface area contributed by atoms with Gasteiger partial charge in [0.2, 0.25) is 11.8 Å². The van der Waals surface area contributed by atoms with Crippen LogP contribution in [0.15, 0.2) is 12.3 Å². The Kier molecular flexibility index (Phi) is 6.42. The second-order valence-corrected chi connectivity index (χ2v) is 4.68. The van der Waals surface area contributed by atoms with Gasteiger partial charge in [0.25, 0.3) is 0 Å². The molecule has 0 aliphatic carbocycles. The fourth-order valence-electron chi connectivity index (χ4n) is 1.66. The normalized spacial score (nSPS) is 10.1. The first-order valence-corrected chi connectivity index (χ1v) is 6.69. The Hall–Kier alpha value is -1.49. The molecule has 0 radical (unpaired) electrons. The van der Waals surface area contributed by atoms with Crippen LogP contribution in [-0.4, -0.2) is 38.0 Å². The van der Waals surface area contributed by atoms with Gasteiger partial charge in [-0.25, -0.2) is 4.98 Å². The summed E-state index contributed by atoms with van der Waals surface area (Å²) in [5.74, 6) is 0.934. The topological polar surface area (TPSA) is 54.5 Å². The van der Waals surface area contributed by atoms with Gasteiger partial charge in [0.1, 0.15) is 5.69 Å². The largest absolute Gasteiger partial charge is 0.479 e. The van der Waals surface area contributed by atoms with Crippen LogP contribution in [0.4, 0.5) is 11.4 Å². The van der Waals surface area contributed by atoms with Gasteiger partial charge in [-0.2, -0.15) is 0 Å². The van der Waals surface area contributed by atoms with Crippen LogP contribution in [-0.2, 0) is 4.79 Å². The van der Waals surface area contributed by atoms with Crippen LogP contribution in [0.25, 0.3) is 0 Å². The lowest BCUT2D eigenvalue weighted by atomic mass is 10.2. The molecule has 0 aliphatic rings. The minimum Gasteiger partial charge on any atom is -0.479 e. The van der Waals surface area contributed by atoms with E-state index in [0.29, 0.717) is 23.9 Å². The van der Waals surface area contributed by atoms with Crippen molar-refractivity contribution in [2.24, 2.45) is 0 Å². The maximum Gasteiger partial charge on any atom is 0.239 e. The number of rotatable bonds is 7. The van der Waals surface area contributed by atoms with Crippen molar-refractivity contribution in [1.82, 2.24) is 4.98 Å². The third kappa shape index (κ3) is 4.59. The van der Waals surface area contributed by atoms with Crippen molar-refractivity contribution in [3.63, 3.8) is 0 Å². The summed E-state index contributed by atoms with van der Waals surface area (Å²) >= 11 is 5.59. The van der Waals surface area contributed by atoms with Crippen LogP contribution >= 0.6 is 11.6 Å². The van der Waals surface area contributed by atoms with Crippen molar-refractivity contribution in [3.8, 4) is 5.88 Å². The zero-order valence-corrected chi connectivity index (χ0v) is 12.3. The first kappa shape index (κ1) is 15.6. The predicted octanol–water partition coefficient (Wildman–Crippen LogP) is 2.50. The molecular weight excluding hydrogens is 266 g/mol. The Morgan fingerprint density at radius 1 is 1.47 bits per heavy atom. The van der Waals surface area contributed by atoms with E-state index in [9.17, 15) is 4.79 Å². The summed E-state index contributed by atoms with van der Waals surface area (Å²) in [5.41, 5.74) is 1.46. The summed E-state index contributed by atoms with van der Waals surface area (Å²) < 4.78 is 5.19. The van der Waals surface area contributed by atoms with E-state index in [1.54, 1.807) is 6.20 Å². The van der Waals surface area contributed by atoms with Gasteiger partial charge in [-0.1, -0.05) is 0 Å². The molecule has 0 fully saturated rings. The number of nitrogens with one attached hydrogen (secondary N) is 1. The molecule has 0 aliphatic heterocycles. The maximum absolute atomic E-state index is 11.9. The van der Waals surface area contributed by atoms with E-state index >= 15 is 0 Å². The third-order valence-corrected chi connectivity index (χ3v) is 2.89. The summed E-state index contributed by atoms with van der Waals surface area (Å²) in [7, 11) is 5.33. The van der Waals surface area contributed by atoms with Gasteiger partial charge < -0.3 is 15.0 Å². The molecule has 19 heavy (non-hydrogen) atoms. The summed E-state index contributed by atoms with van der Waals surface area (Å²) in [6, 6.07) is 1.83. The molecule has 0 spiro atoms. The van der Waals surface area contributed by atoms with Gasteiger partial charge in [-0.3, -0.25) is 4.79 Å². The van der Waals surface area contributed by atoms with E-state index in [2.05, 4.69) is 10.3 Å². The number of halogens is 1. The molecule has 0 saturated heterocycles. The van der Waals surface area contributed by atoms with Crippen molar-refractivity contribution in [1.29, 1.82) is 0 Å². The highest BCUT2D eigenvalue weighted by molar-refractivity contribution is 6.17. The highest BCUT2D eigenvalue weighted by Gasteiger charge is 2.14. The first-order valence-electron chi connectivity index (χ1n) is 6.16. The van der Waals surface area contributed by atoms with Gasteiger partial charge in [0.05, 0.1) is 12.8 Å². The Labute approximate surface area is 118 Å². The lowest BCUT2D eigenvalue weighted by Crippen LogP contribution is -2.17. The van der Waals surface area contributed by atoms with Crippen LogP contribution < -0.4 is 15.0 Å². The lowest BCUT2D eigenvalue weighted by molar-refractivity contribution is -0.116. The van der Waals surface area contributed by atoms with E-state index in [0.717, 1.165) is 18.5 Å². The highest BCUT2D eigenvalue weighted by Crippen LogP contribution is 2.32. The van der Waals surface area contributed by atoms with Crippen molar-refractivity contribution in [2.75, 3.05) is 37.3 Å². The average molecular weight is 286 g/mol. The number of amides is 1. The maximum atomic E-state index is 11.9. The smallest absolute Gasteiger partial charge is 0.239 e. The van der Waals surface area contributed by atoms with Crippen LogP contribution in [0.2, 0.25) is 0 Å². The molecule has 6 heteroatoms. The first-order chi connectivity index (χ1) is 9.10. The zero-order valence-electron chi connectivity index (χ0n) is 11.6. The molecule has 0 aromatic carbocycles. The van der Waals surface area contributed by atoms with Gasteiger partial charge in [0, 0.05) is 32.6 Å². The number of aromatic nitrogens is 1. The number of ether oxygens (including phenoxy) is 1. The third-order valence-electron chi connectivity index (χ3n) is 2.62. The van der Waals surface area contributed by atoms with Gasteiger partial charge in [0.15, 0.2) is 0 Å². The molecule has 1 heterocycles. The SMILES string of the molecule is COc1nccc(N(C)C)c1NC(=O)CCCCCl. The summed E-state index contributed by atoms with van der Waals surface area (Å²) in [6.07, 6.45) is 3.70. The number of alkyl halides is 1. The van der Waals surface area contributed by atoms with Crippen LogP contribution in [0.3, 0.4) is 0 Å². The fourth-order valence-corrected chi connectivity index (χ4v) is 1.85. The number of hydrogen-bond donors (Lipinski definition) is 1. The number of pyridine rings is 1. The molecule has 0 saturated carbocycles. The molecule has 0 bridgehead atoms. The van der Waals surface area contributed by atoms with E-state index < -0.39 is 0 Å². The van der Waals surface area contributed by atoms with Crippen LogP contribution in [0.1, 0.15) is 19.3 Å². The Morgan fingerprint density at radius 2 is 2.21 bits per heavy atom. The van der Waals surface area contributed by atoms with Crippen molar-refractivity contribution in [3.05, 3.63) is 12.3 Å². The van der Waals surface area contributed by atoms with E-state index in [-0.39, 0.29) is 5.91 Å². The number of unbranched alkanes of at least 4 members (excludes halogenated alkanes) is 1. The molecule has 106 valence electrons. The number of anilines is 2. The Morgan fingerprint density at radius 3 is 2.79 bits per heavy atom. The van der Waals surface area contributed by atoms with Gasteiger partial charge in [-0.05, 0) is 18.9 Å². The van der Waals surface area contributed by atoms with Crippen LogP contribution in [0.5, 0.6) is 5.88 Å². The standard InChI is InChI=1S/C13H20ClN3O2/c1-17(2)10-7-9-15-13(19-3)12(10)16-11(18)6-4-5-8-14/h7,9H,4-6,8H2,1-3H3,(H,16,18). The molecule has 5 nitrogen and oxygen atoms in total. The number of hydrogen-bond acceptors (Lipinski definition) is 4. The highest BCUT2D eigenvalue weighted by atomic mass is 35.5. The van der Waals surface area contributed by atoms with E-state index in [1.165, 1.54) is 7.11 Å². The molecule has 0 unspecified atom stereocenters. The number of methoxy groups -OCH3 is 1. The molecule has 1 rings (SSSR count). The molecular formula is C13H20ClN3O2.